The first kappa shape index (κ1) is 16.0. The lowest BCUT2D eigenvalue weighted by molar-refractivity contribution is -0.123. The summed E-state index contributed by atoms with van der Waals surface area (Å²) < 4.78 is 2.07. The Kier molecular flexibility index (Phi) is 5.78. The number of nitrogens with one attached hydrogen (secondary N) is 2. The molecule has 0 aromatic carbocycles. The van der Waals surface area contributed by atoms with Crippen LogP contribution in [-0.2, 0) is 11.3 Å². The van der Waals surface area contributed by atoms with Gasteiger partial charge in [0.15, 0.2) is 0 Å². The summed E-state index contributed by atoms with van der Waals surface area (Å²) in [7, 11) is -0.508. The quantitative estimate of drug-likeness (QED) is 0.467. The molecule has 1 fully saturated rings. The van der Waals surface area contributed by atoms with Crippen molar-refractivity contribution in [2.45, 2.75) is 32.8 Å². The van der Waals surface area contributed by atoms with Gasteiger partial charge in [0.2, 0.25) is 5.91 Å². The molecule has 21 heavy (non-hydrogen) atoms. The number of aryl methyl sites for hydroxylation is 2. The van der Waals surface area contributed by atoms with Gasteiger partial charge in [-0.3, -0.25) is 4.79 Å². The average molecular weight is 293 g/mol. The molecule has 1 aromatic heterocycles. The highest BCUT2D eigenvalue weighted by atomic mass is 16.2. The maximum absolute atomic E-state index is 12.1. The van der Waals surface area contributed by atoms with E-state index in [-0.39, 0.29) is 11.9 Å². The van der Waals surface area contributed by atoms with E-state index in [1.54, 1.807) is 13.0 Å². The van der Waals surface area contributed by atoms with Crippen LogP contribution in [-0.4, -0.2) is 64.6 Å². The lowest BCUT2D eigenvalue weighted by Crippen LogP contribution is -2.59. The molecule has 2 rings (SSSR count). The number of hydrogen-bond donors (Lipinski definition) is 3. The standard InChI is InChI=1S/C13H24BN5O2/c1-11-15-5-8-18(11)7-3-4-17-13(20)12-10-19(14(2)21)9-6-16-12/h5,8,12,16,21H,3-4,6-7,9-10H2,1-2H3,(H,17,20)/t12-/m1/s1. The predicted molar refractivity (Wildman–Crippen MR) is 81.8 cm³/mol. The highest BCUT2D eigenvalue weighted by molar-refractivity contribution is 6.45. The highest BCUT2D eigenvalue weighted by Gasteiger charge is 2.28. The monoisotopic (exact) mass is 293 g/mol. The summed E-state index contributed by atoms with van der Waals surface area (Å²) >= 11 is 0. The van der Waals surface area contributed by atoms with Gasteiger partial charge in [-0.25, -0.2) is 4.98 Å². The molecule has 2 heterocycles. The van der Waals surface area contributed by atoms with Crippen molar-refractivity contribution in [2.75, 3.05) is 26.2 Å². The molecule has 0 spiro atoms. The first-order valence-electron chi connectivity index (χ1n) is 7.49. The fourth-order valence-corrected chi connectivity index (χ4v) is 2.51. The fraction of sp³-hybridized carbons (Fsp3) is 0.692. The van der Waals surface area contributed by atoms with Crippen molar-refractivity contribution in [2.24, 2.45) is 0 Å². The molecule has 0 bridgehead atoms. The molecule has 0 unspecified atom stereocenters. The van der Waals surface area contributed by atoms with Gasteiger partial charge in [-0.05, 0) is 20.2 Å². The first-order valence-corrected chi connectivity index (χ1v) is 7.49. The van der Waals surface area contributed by atoms with Crippen LogP contribution in [0.25, 0.3) is 0 Å². The summed E-state index contributed by atoms with van der Waals surface area (Å²) in [6, 6.07) is -0.247. The van der Waals surface area contributed by atoms with Crippen LogP contribution in [0.2, 0.25) is 6.82 Å². The molecular weight excluding hydrogens is 269 g/mol. The summed E-state index contributed by atoms with van der Waals surface area (Å²) in [5.74, 6) is 0.991. The Balaban J connectivity index is 1.68. The lowest BCUT2D eigenvalue weighted by Gasteiger charge is -2.33. The SMILES string of the molecule is CB(O)N1CCN[C@@H](C(=O)NCCCn2ccnc2C)C1. The average Bonchev–Trinajstić information content (AvgIpc) is 2.89. The Bertz CT molecular complexity index is 465. The van der Waals surface area contributed by atoms with E-state index in [0.717, 1.165) is 31.9 Å². The van der Waals surface area contributed by atoms with Gasteiger partial charge in [0.1, 0.15) is 5.82 Å². The molecule has 116 valence electrons. The van der Waals surface area contributed by atoms with Gasteiger partial charge in [0, 0.05) is 45.1 Å². The summed E-state index contributed by atoms with van der Waals surface area (Å²) in [5, 5.41) is 15.7. The number of piperazine rings is 1. The molecule has 1 atom stereocenters. The molecule has 1 saturated heterocycles. The van der Waals surface area contributed by atoms with E-state index in [4.69, 9.17) is 0 Å². The second kappa shape index (κ2) is 7.58. The number of nitrogens with zero attached hydrogens (tertiary/aromatic N) is 3. The van der Waals surface area contributed by atoms with Crippen LogP contribution in [0.15, 0.2) is 12.4 Å². The zero-order chi connectivity index (χ0) is 15.2. The topological polar surface area (TPSA) is 82.4 Å². The number of amides is 1. The van der Waals surface area contributed by atoms with Crippen molar-refractivity contribution >= 4 is 13.0 Å². The summed E-state index contributed by atoms with van der Waals surface area (Å²) in [4.78, 5) is 18.2. The van der Waals surface area contributed by atoms with E-state index in [2.05, 4.69) is 20.2 Å². The maximum atomic E-state index is 12.1. The first-order chi connectivity index (χ1) is 10.1. The van der Waals surface area contributed by atoms with E-state index in [1.165, 1.54) is 0 Å². The van der Waals surface area contributed by atoms with Gasteiger partial charge in [-0.1, -0.05) is 0 Å². The van der Waals surface area contributed by atoms with Gasteiger partial charge in [-0.2, -0.15) is 0 Å². The largest absolute Gasteiger partial charge is 0.437 e. The molecule has 1 aliphatic rings. The van der Waals surface area contributed by atoms with E-state index < -0.39 is 7.05 Å². The van der Waals surface area contributed by atoms with Gasteiger partial charge < -0.3 is 25.0 Å². The molecule has 8 heteroatoms. The number of imidazole rings is 1. The molecule has 1 aromatic rings. The molecule has 1 amide bonds. The number of carbonyl (C=O) groups is 1. The van der Waals surface area contributed by atoms with Gasteiger partial charge in [0.25, 0.3) is 0 Å². The van der Waals surface area contributed by atoms with Crippen LogP contribution >= 0.6 is 0 Å². The zero-order valence-electron chi connectivity index (χ0n) is 12.7. The summed E-state index contributed by atoms with van der Waals surface area (Å²) in [6.07, 6.45) is 4.60. The van der Waals surface area contributed by atoms with Crippen LogP contribution in [0.3, 0.4) is 0 Å². The van der Waals surface area contributed by atoms with Gasteiger partial charge >= 0.3 is 7.05 Å². The van der Waals surface area contributed by atoms with E-state index in [0.29, 0.717) is 13.1 Å². The van der Waals surface area contributed by atoms with E-state index in [1.807, 2.05) is 17.9 Å². The molecule has 0 saturated carbocycles. The third-order valence-corrected chi connectivity index (χ3v) is 3.85. The van der Waals surface area contributed by atoms with Crippen LogP contribution in [0.5, 0.6) is 0 Å². The number of carbonyl (C=O) groups excluding carboxylic acids is 1. The lowest BCUT2D eigenvalue weighted by atomic mass is 9.83. The molecule has 3 N–H and O–H groups in total. The van der Waals surface area contributed by atoms with Crippen LogP contribution in [0, 0.1) is 6.92 Å². The molecule has 1 aliphatic heterocycles. The van der Waals surface area contributed by atoms with Crippen molar-refractivity contribution in [3.8, 4) is 0 Å². The molecular formula is C13H24BN5O2. The van der Waals surface area contributed by atoms with E-state index in [9.17, 15) is 9.82 Å². The van der Waals surface area contributed by atoms with Crippen molar-refractivity contribution in [3.63, 3.8) is 0 Å². The third kappa shape index (κ3) is 4.55. The highest BCUT2D eigenvalue weighted by Crippen LogP contribution is 2.01. The fourth-order valence-electron chi connectivity index (χ4n) is 2.51. The Hall–Kier alpha value is -1.38. The Morgan fingerprint density at radius 1 is 1.67 bits per heavy atom. The minimum atomic E-state index is -0.508. The maximum Gasteiger partial charge on any atom is 0.376 e. The van der Waals surface area contributed by atoms with Crippen LogP contribution in [0.1, 0.15) is 12.2 Å². The van der Waals surface area contributed by atoms with Crippen LogP contribution < -0.4 is 10.6 Å². The zero-order valence-corrected chi connectivity index (χ0v) is 12.7. The van der Waals surface area contributed by atoms with Crippen molar-refractivity contribution < 1.29 is 9.82 Å². The van der Waals surface area contributed by atoms with Crippen LogP contribution in [0.4, 0.5) is 0 Å². The Morgan fingerprint density at radius 3 is 3.14 bits per heavy atom. The minimum Gasteiger partial charge on any atom is -0.437 e. The van der Waals surface area contributed by atoms with Gasteiger partial charge in [0.05, 0.1) is 6.04 Å². The Morgan fingerprint density at radius 2 is 2.48 bits per heavy atom. The second-order valence-corrected chi connectivity index (χ2v) is 5.45. The van der Waals surface area contributed by atoms with Crippen molar-refractivity contribution in [1.29, 1.82) is 0 Å². The predicted octanol–water partition coefficient (Wildman–Crippen LogP) is -0.918. The van der Waals surface area contributed by atoms with Crippen molar-refractivity contribution in [1.82, 2.24) is 25.0 Å². The second-order valence-electron chi connectivity index (χ2n) is 5.45. The van der Waals surface area contributed by atoms with Crippen molar-refractivity contribution in [3.05, 3.63) is 18.2 Å². The molecule has 7 nitrogen and oxygen atoms in total. The van der Waals surface area contributed by atoms with Gasteiger partial charge in [-0.15, -0.1) is 0 Å². The molecule has 0 radical (unpaired) electrons. The van der Waals surface area contributed by atoms with E-state index >= 15 is 0 Å². The number of aromatic nitrogens is 2. The third-order valence-electron chi connectivity index (χ3n) is 3.85. The Labute approximate surface area is 125 Å². The number of rotatable bonds is 6. The summed E-state index contributed by atoms with van der Waals surface area (Å²) in [6.45, 7) is 7.22. The minimum absolute atomic E-state index is 0.00250. The number of hydrogen-bond acceptors (Lipinski definition) is 5. The molecule has 0 aliphatic carbocycles. The summed E-state index contributed by atoms with van der Waals surface area (Å²) in [5.41, 5.74) is 0. The normalized spacial score (nSPS) is 19.5. The smallest absolute Gasteiger partial charge is 0.376 e.